The van der Waals surface area contributed by atoms with Crippen molar-refractivity contribution in [3.8, 4) is 16.8 Å². The van der Waals surface area contributed by atoms with Gasteiger partial charge in [0.1, 0.15) is 0 Å². The molecule has 0 saturated heterocycles. The van der Waals surface area contributed by atoms with E-state index in [0.29, 0.717) is 5.92 Å². The Morgan fingerprint density at radius 1 is 0.780 bits per heavy atom. The molecule has 10 rings (SSSR count). The van der Waals surface area contributed by atoms with Crippen molar-refractivity contribution in [3.63, 3.8) is 0 Å². The second kappa shape index (κ2) is 11.1. The zero-order valence-electron chi connectivity index (χ0n) is 30.0. The molecule has 248 valence electrons. The average molecular weight is 668 g/mol. The maximum Gasteiger partial charge on any atom is 0.0503 e. The third kappa shape index (κ3) is 4.53. The zero-order valence-corrected chi connectivity index (χ0v) is 30.9. The Morgan fingerprint density at radius 2 is 1.62 bits per heavy atom. The third-order valence-electron chi connectivity index (χ3n) is 12.6. The quantitative estimate of drug-likeness (QED) is 0.210. The van der Waals surface area contributed by atoms with Crippen LogP contribution in [-0.4, -0.2) is 4.57 Å². The molecular formula is C48H45NS. The number of hydrogen-bond donors (Lipinski definition) is 0. The number of nitrogens with zero attached hydrogens (tertiary/aromatic N) is 1. The first-order valence-electron chi connectivity index (χ1n) is 18.8. The van der Waals surface area contributed by atoms with Crippen molar-refractivity contribution in [3.05, 3.63) is 151 Å². The first-order chi connectivity index (χ1) is 24.2. The van der Waals surface area contributed by atoms with Crippen LogP contribution in [0.5, 0.6) is 0 Å². The molecule has 1 nitrogen and oxygen atoms in total. The Labute approximate surface area is 301 Å². The molecule has 6 aliphatic carbocycles. The van der Waals surface area contributed by atoms with E-state index >= 15 is 0 Å². The predicted molar refractivity (Wildman–Crippen MR) is 214 cm³/mol. The molecule has 4 aromatic rings. The van der Waals surface area contributed by atoms with Crippen LogP contribution in [0.3, 0.4) is 0 Å². The van der Waals surface area contributed by atoms with Gasteiger partial charge in [0.25, 0.3) is 0 Å². The number of rotatable bonds is 4. The number of thioether (sulfide) groups is 1. The predicted octanol–water partition coefficient (Wildman–Crippen LogP) is 12.9. The van der Waals surface area contributed by atoms with Crippen LogP contribution in [0.25, 0.3) is 40.1 Å². The lowest BCUT2D eigenvalue weighted by atomic mass is 9.75. The topological polar surface area (TPSA) is 4.93 Å². The molecule has 1 heterocycles. The van der Waals surface area contributed by atoms with Crippen molar-refractivity contribution in [2.24, 2.45) is 5.92 Å². The molecule has 0 saturated carbocycles. The highest BCUT2D eigenvalue weighted by Crippen LogP contribution is 2.52. The van der Waals surface area contributed by atoms with E-state index in [1.54, 1.807) is 11.1 Å². The molecule has 0 aliphatic heterocycles. The van der Waals surface area contributed by atoms with Gasteiger partial charge in [-0.15, -0.1) is 0 Å². The van der Waals surface area contributed by atoms with E-state index < -0.39 is 0 Å². The maximum absolute atomic E-state index is 2.57. The van der Waals surface area contributed by atoms with Crippen LogP contribution < -0.4 is 0 Å². The molecule has 1 aromatic heterocycles. The molecule has 0 bridgehead atoms. The van der Waals surface area contributed by atoms with Gasteiger partial charge in [-0.1, -0.05) is 86.2 Å². The van der Waals surface area contributed by atoms with Gasteiger partial charge in [0.15, 0.2) is 0 Å². The third-order valence-corrected chi connectivity index (χ3v) is 13.8. The lowest BCUT2D eigenvalue weighted by Crippen LogP contribution is -2.15. The molecule has 0 N–H and O–H groups in total. The van der Waals surface area contributed by atoms with E-state index in [1.807, 2.05) is 11.8 Å². The fourth-order valence-corrected chi connectivity index (χ4v) is 10.9. The minimum absolute atomic E-state index is 0.0716. The molecule has 3 aromatic carbocycles. The van der Waals surface area contributed by atoms with E-state index in [-0.39, 0.29) is 5.41 Å². The molecule has 2 heteroatoms. The summed E-state index contributed by atoms with van der Waals surface area (Å²) in [7, 11) is 0. The van der Waals surface area contributed by atoms with Gasteiger partial charge in [-0.05, 0) is 174 Å². The standard InChI is InChI=1S/C48H45NS/c1-28-13-14-29(2)47(21-28)50-35-18-20-39-38-19-17-34(26-43(38)48(4,5)44(39)27-35)49-45-12-8-11-40(45)42-24-33(25-46(42)49)31-15-16-32-22-30(3)36-9-6-7-10-37(36)41(32)23-31/h6,8-9,12,15-21,23,25-27,30H,7,10-11,13-14,22,24H2,1-5H3. The van der Waals surface area contributed by atoms with Gasteiger partial charge >= 0.3 is 0 Å². The van der Waals surface area contributed by atoms with Crippen LogP contribution in [0.1, 0.15) is 111 Å². The summed E-state index contributed by atoms with van der Waals surface area (Å²) in [5.41, 5.74) is 24.7. The molecule has 0 amide bonds. The normalized spacial score (nSPS) is 20.7. The van der Waals surface area contributed by atoms with Gasteiger partial charge in [0, 0.05) is 33.0 Å². The van der Waals surface area contributed by atoms with Gasteiger partial charge in [-0.25, -0.2) is 0 Å². The van der Waals surface area contributed by atoms with Crippen molar-refractivity contribution < 1.29 is 0 Å². The van der Waals surface area contributed by atoms with E-state index in [2.05, 4.69) is 130 Å². The highest BCUT2D eigenvalue weighted by Gasteiger charge is 2.37. The first kappa shape index (κ1) is 30.5. The lowest BCUT2D eigenvalue weighted by molar-refractivity contribution is 0.658. The minimum atomic E-state index is -0.0716. The summed E-state index contributed by atoms with van der Waals surface area (Å²) in [6.45, 7) is 11.8. The number of benzene rings is 3. The van der Waals surface area contributed by atoms with Crippen molar-refractivity contribution in [1.29, 1.82) is 0 Å². The molecule has 1 atom stereocenters. The first-order valence-corrected chi connectivity index (χ1v) is 19.6. The fraction of sp³-hybridized carbons (Fsp3) is 0.292. The Balaban J connectivity index is 1.02. The van der Waals surface area contributed by atoms with Gasteiger partial charge in [0.2, 0.25) is 0 Å². The van der Waals surface area contributed by atoms with Crippen LogP contribution in [-0.2, 0) is 24.7 Å². The van der Waals surface area contributed by atoms with E-state index in [9.17, 15) is 0 Å². The molecule has 0 radical (unpaired) electrons. The average Bonchev–Trinajstić information content (AvgIpc) is 3.87. The number of allylic oxidation sites excluding steroid dienone is 9. The van der Waals surface area contributed by atoms with E-state index in [1.165, 1.54) is 113 Å². The van der Waals surface area contributed by atoms with Crippen molar-refractivity contribution >= 4 is 35.1 Å². The summed E-state index contributed by atoms with van der Waals surface area (Å²) >= 11 is 1.94. The monoisotopic (exact) mass is 667 g/mol. The number of aromatic nitrogens is 1. The summed E-state index contributed by atoms with van der Waals surface area (Å²) in [5.74, 6) is 0.612. The van der Waals surface area contributed by atoms with Crippen LogP contribution in [0.2, 0.25) is 0 Å². The summed E-state index contributed by atoms with van der Waals surface area (Å²) in [5, 5.41) is 0. The van der Waals surface area contributed by atoms with E-state index in [0.717, 1.165) is 25.7 Å². The van der Waals surface area contributed by atoms with Crippen LogP contribution in [0, 0.1) is 5.92 Å². The lowest BCUT2D eigenvalue weighted by Gasteiger charge is -2.29. The molecule has 50 heavy (non-hydrogen) atoms. The van der Waals surface area contributed by atoms with Crippen molar-refractivity contribution in [2.45, 2.75) is 89.9 Å². The summed E-state index contributed by atoms with van der Waals surface area (Å²) in [6.07, 6.45) is 22.3. The van der Waals surface area contributed by atoms with Crippen molar-refractivity contribution in [2.75, 3.05) is 0 Å². The number of hydrogen-bond acceptors (Lipinski definition) is 1. The van der Waals surface area contributed by atoms with Crippen LogP contribution in [0.4, 0.5) is 0 Å². The molecule has 0 fully saturated rings. The highest BCUT2D eigenvalue weighted by molar-refractivity contribution is 8.03. The zero-order chi connectivity index (χ0) is 33.9. The Bertz CT molecular complexity index is 2370. The van der Waals surface area contributed by atoms with Gasteiger partial charge in [-0.2, -0.15) is 0 Å². The molecule has 1 unspecified atom stereocenters. The Kier molecular flexibility index (Phi) is 6.79. The fourth-order valence-electron chi connectivity index (χ4n) is 9.81. The summed E-state index contributed by atoms with van der Waals surface area (Å²) in [4.78, 5) is 2.77. The second-order valence-corrected chi connectivity index (χ2v) is 17.3. The van der Waals surface area contributed by atoms with Crippen LogP contribution in [0.15, 0.2) is 105 Å². The minimum Gasteiger partial charge on any atom is -0.310 e. The second-order valence-electron chi connectivity index (χ2n) is 16.2. The van der Waals surface area contributed by atoms with E-state index in [4.69, 9.17) is 0 Å². The summed E-state index contributed by atoms with van der Waals surface area (Å²) in [6, 6.07) is 21.8. The molecule has 0 spiro atoms. The largest absolute Gasteiger partial charge is 0.310 e. The van der Waals surface area contributed by atoms with Gasteiger partial charge < -0.3 is 4.57 Å². The van der Waals surface area contributed by atoms with Gasteiger partial charge in [-0.3, -0.25) is 0 Å². The Morgan fingerprint density at radius 3 is 2.50 bits per heavy atom. The maximum atomic E-state index is 2.57. The van der Waals surface area contributed by atoms with Crippen LogP contribution >= 0.6 is 11.8 Å². The number of fused-ring (bicyclic) bond motifs is 8. The summed E-state index contributed by atoms with van der Waals surface area (Å²) < 4.78 is 2.57. The SMILES string of the molecule is CC1=CC(Sc2ccc3c(c2)C(C)(C)c2cc(-n4c5c(c6c4C=C(c4ccc7c(c4)C4=C(C=CCC4)C(C)C7)C6)CC=C5)ccc2-3)=C(C)CC1. The van der Waals surface area contributed by atoms with Crippen molar-refractivity contribution in [1.82, 2.24) is 4.57 Å². The van der Waals surface area contributed by atoms with Gasteiger partial charge in [0.05, 0.1) is 5.69 Å². The molecule has 6 aliphatic rings. The molecular weight excluding hydrogens is 623 g/mol. The Hall–Kier alpha value is -4.27. The highest BCUT2D eigenvalue weighted by atomic mass is 32.2. The smallest absolute Gasteiger partial charge is 0.0503 e.